The van der Waals surface area contributed by atoms with Gasteiger partial charge in [-0.1, -0.05) is 30.3 Å². The van der Waals surface area contributed by atoms with E-state index in [0.717, 1.165) is 37.5 Å². The van der Waals surface area contributed by atoms with Crippen molar-refractivity contribution < 1.29 is 9.53 Å². The Hall–Kier alpha value is -2.57. The quantitative estimate of drug-likeness (QED) is 0.627. The molecule has 2 fully saturated rings. The summed E-state index contributed by atoms with van der Waals surface area (Å²) in [7, 11) is 3.65. The van der Waals surface area contributed by atoms with Gasteiger partial charge in [0.25, 0.3) is 0 Å². The van der Waals surface area contributed by atoms with Crippen LogP contribution < -0.4 is 9.80 Å². The Morgan fingerprint density at radius 2 is 1.83 bits per heavy atom. The monoisotopic (exact) mass is 472 g/mol. The van der Waals surface area contributed by atoms with E-state index in [2.05, 4.69) is 57.2 Å². The second-order valence-corrected chi connectivity index (χ2v) is 11.3. The van der Waals surface area contributed by atoms with Crippen LogP contribution in [0.3, 0.4) is 0 Å². The molecule has 0 N–H and O–H groups in total. The number of nitrogens with zero attached hydrogens (tertiary/aromatic N) is 4. The predicted octanol–water partition coefficient (Wildman–Crippen LogP) is 4.11. The number of epoxide rings is 1. The van der Waals surface area contributed by atoms with Gasteiger partial charge in [0.2, 0.25) is 11.8 Å². The molecule has 5 aliphatic rings. The van der Waals surface area contributed by atoms with Crippen LogP contribution in [-0.2, 0) is 16.0 Å². The number of anilines is 2. The molecule has 0 aromatic heterocycles. The maximum Gasteiger partial charge on any atom is 0.247 e. The number of benzene rings is 2. The highest BCUT2D eigenvalue weighted by atomic mass is 16.6. The highest BCUT2D eigenvalue weighted by Gasteiger charge is 2.63. The first-order valence-corrected chi connectivity index (χ1v) is 13.4. The molecule has 35 heavy (non-hydrogen) atoms. The minimum atomic E-state index is -0.485. The van der Waals surface area contributed by atoms with Gasteiger partial charge in [0.1, 0.15) is 13.2 Å². The van der Waals surface area contributed by atoms with Crippen LogP contribution in [0.5, 0.6) is 0 Å². The van der Waals surface area contributed by atoms with Gasteiger partial charge in [0.15, 0.2) is 0 Å². The van der Waals surface area contributed by atoms with Crippen LogP contribution in [0.25, 0.3) is 0 Å². The van der Waals surface area contributed by atoms with Crippen LogP contribution in [0.4, 0.5) is 11.4 Å². The van der Waals surface area contributed by atoms with Crippen LogP contribution >= 0.6 is 0 Å². The molecule has 0 bridgehead atoms. The maximum atomic E-state index is 12.7. The highest BCUT2D eigenvalue weighted by Crippen LogP contribution is 2.54. The highest BCUT2D eigenvalue weighted by molar-refractivity contribution is 5.88. The number of carbonyl (C=O) groups excluding carboxylic acids is 1. The summed E-state index contributed by atoms with van der Waals surface area (Å²) in [6, 6.07) is 16.6. The zero-order valence-electron chi connectivity index (χ0n) is 20.9. The van der Waals surface area contributed by atoms with Crippen molar-refractivity contribution in [3.05, 3.63) is 59.2 Å². The molecule has 3 unspecified atom stereocenters. The zero-order valence-corrected chi connectivity index (χ0v) is 20.9. The molecule has 2 aromatic rings. The van der Waals surface area contributed by atoms with Crippen LogP contribution in [-0.4, -0.2) is 67.9 Å². The average Bonchev–Trinajstić information content (AvgIpc) is 3.51. The van der Waals surface area contributed by atoms with E-state index in [1.54, 1.807) is 21.6 Å². The summed E-state index contributed by atoms with van der Waals surface area (Å²) >= 11 is 0. The molecule has 3 aliphatic heterocycles. The fourth-order valence-electron chi connectivity index (χ4n) is 7.49. The van der Waals surface area contributed by atoms with E-state index in [4.69, 9.17) is 4.74 Å². The van der Waals surface area contributed by atoms with E-state index < -0.39 is 5.85 Å². The smallest absolute Gasteiger partial charge is 0.247 e. The Bertz CT molecular complexity index is 1150. The molecule has 1 amide bonds. The minimum Gasteiger partial charge on any atom is -0.347 e. The molecule has 0 saturated carbocycles. The average molecular weight is 473 g/mol. The normalized spacial score (nSPS) is 29.4. The number of fused-ring (bicyclic) bond motifs is 1. The molecule has 0 radical (unpaired) electrons. The van der Waals surface area contributed by atoms with Crippen molar-refractivity contribution >= 4 is 17.3 Å². The van der Waals surface area contributed by atoms with E-state index in [0.29, 0.717) is 25.2 Å². The number of aryl methyl sites for hydroxylation is 1. The Morgan fingerprint density at radius 3 is 2.57 bits per heavy atom. The Morgan fingerprint density at radius 1 is 1.06 bits per heavy atom. The third kappa shape index (κ3) is 3.26. The number of piperidine rings is 1. The number of ether oxygens (including phenoxy) is 1. The number of carbonyl (C=O) groups is 1. The van der Waals surface area contributed by atoms with Gasteiger partial charge in [0, 0.05) is 39.3 Å². The molecule has 3 atom stereocenters. The van der Waals surface area contributed by atoms with Gasteiger partial charge in [-0.25, -0.2) is 0 Å². The van der Waals surface area contributed by atoms with Gasteiger partial charge in [0.05, 0.1) is 11.4 Å². The van der Waals surface area contributed by atoms with E-state index in [1.807, 2.05) is 14.1 Å². The standard InChI is InChI=1S/C29H36N4O2/c1-30(2)27(34)18-32-24-11-3-4-12-25(24)33(29(32)19-35-29)22-13-15-31(16-14-22)26-17-21-9-5-7-20-8-6-10-23(26)28(20)21/h3-4,6,8,10-12,21-22,26H,5,7,9,13-19H2,1-2H3. The van der Waals surface area contributed by atoms with Gasteiger partial charge in [-0.15, -0.1) is 0 Å². The molecular formula is C29H36N4O2. The molecule has 184 valence electrons. The lowest BCUT2D eigenvalue weighted by molar-refractivity contribution is -0.127. The molecule has 2 saturated heterocycles. The zero-order chi connectivity index (χ0) is 23.7. The van der Waals surface area contributed by atoms with Crippen molar-refractivity contribution in [2.45, 2.75) is 62.4 Å². The predicted molar refractivity (Wildman–Crippen MR) is 138 cm³/mol. The molecule has 3 heterocycles. The molecule has 6 nitrogen and oxygen atoms in total. The lowest BCUT2D eigenvalue weighted by Crippen LogP contribution is -2.56. The fourth-order valence-corrected chi connectivity index (χ4v) is 7.49. The minimum absolute atomic E-state index is 0.109. The van der Waals surface area contributed by atoms with Gasteiger partial charge >= 0.3 is 0 Å². The SMILES string of the molecule is CN(C)C(=O)CN1c2ccccc2N(C2CCN(C3CC4CCCc5cccc3c54)CC2)C12CO2. The van der Waals surface area contributed by atoms with E-state index in [9.17, 15) is 4.79 Å². The number of likely N-dealkylation sites (tertiary alicyclic amines) is 1. The van der Waals surface area contributed by atoms with Crippen LogP contribution in [0.2, 0.25) is 0 Å². The molecule has 1 spiro atoms. The lowest BCUT2D eigenvalue weighted by Gasteiger charge is -2.42. The Kier molecular flexibility index (Phi) is 4.94. The van der Waals surface area contributed by atoms with Crippen molar-refractivity contribution in [3.63, 3.8) is 0 Å². The number of amides is 1. The Labute approximate surface area is 208 Å². The molecule has 6 heteroatoms. The number of hydrogen-bond donors (Lipinski definition) is 0. The summed E-state index contributed by atoms with van der Waals surface area (Å²) in [6.07, 6.45) is 7.53. The maximum absolute atomic E-state index is 12.7. The van der Waals surface area contributed by atoms with Gasteiger partial charge in [-0.3, -0.25) is 9.69 Å². The number of rotatable bonds is 4. The molecular weight excluding hydrogens is 436 g/mol. The fraction of sp³-hybridized carbons (Fsp3) is 0.552. The van der Waals surface area contributed by atoms with E-state index in [-0.39, 0.29) is 5.91 Å². The number of para-hydroxylation sites is 2. The number of hydrogen-bond acceptors (Lipinski definition) is 5. The Balaban J connectivity index is 1.11. The third-order valence-corrected chi connectivity index (χ3v) is 9.23. The summed E-state index contributed by atoms with van der Waals surface area (Å²) < 4.78 is 6.19. The summed E-state index contributed by atoms with van der Waals surface area (Å²) in [6.45, 7) is 3.25. The second kappa shape index (κ2) is 7.97. The van der Waals surface area contributed by atoms with Crippen LogP contribution in [0, 0.1) is 0 Å². The first-order valence-electron chi connectivity index (χ1n) is 13.4. The molecule has 7 rings (SSSR count). The largest absolute Gasteiger partial charge is 0.347 e. The summed E-state index contributed by atoms with van der Waals surface area (Å²) in [4.78, 5) is 21.8. The van der Waals surface area contributed by atoms with Gasteiger partial charge in [-0.05, 0) is 73.3 Å². The van der Waals surface area contributed by atoms with E-state index in [1.165, 1.54) is 31.4 Å². The van der Waals surface area contributed by atoms with Gasteiger partial charge in [-0.2, -0.15) is 0 Å². The summed E-state index contributed by atoms with van der Waals surface area (Å²) in [5.41, 5.74) is 7.28. The van der Waals surface area contributed by atoms with Crippen LogP contribution in [0.1, 0.15) is 60.8 Å². The molecule has 2 aliphatic carbocycles. The third-order valence-electron chi connectivity index (χ3n) is 9.23. The first-order chi connectivity index (χ1) is 17.1. The lowest BCUT2D eigenvalue weighted by atomic mass is 9.84. The number of likely N-dealkylation sites (N-methyl/N-ethyl adjacent to an activating group) is 1. The van der Waals surface area contributed by atoms with Crippen molar-refractivity contribution in [1.82, 2.24) is 9.80 Å². The van der Waals surface area contributed by atoms with Crippen LogP contribution in [0.15, 0.2) is 42.5 Å². The molecule has 2 aromatic carbocycles. The first kappa shape index (κ1) is 21.7. The van der Waals surface area contributed by atoms with E-state index >= 15 is 0 Å². The topological polar surface area (TPSA) is 42.6 Å². The summed E-state index contributed by atoms with van der Waals surface area (Å²) in [5.74, 6) is 0.396. The van der Waals surface area contributed by atoms with Crippen molar-refractivity contribution in [1.29, 1.82) is 0 Å². The summed E-state index contributed by atoms with van der Waals surface area (Å²) in [5, 5.41) is 0. The van der Waals surface area contributed by atoms with Gasteiger partial charge < -0.3 is 19.4 Å². The van der Waals surface area contributed by atoms with Crippen molar-refractivity contribution in [3.8, 4) is 0 Å². The van der Waals surface area contributed by atoms with Crippen molar-refractivity contribution in [2.24, 2.45) is 0 Å². The van der Waals surface area contributed by atoms with Crippen molar-refractivity contribution in [2.75, 3.05) is 50.1 Å². The second-order valence-electron chi connectivity index (χ2n) is 11.3.